The van der Waals surface area contributed by atoms with Crippen molar-refractivity contribution in [3.8, 4) is 0 Å². The molecule has 0 atom stereocenters. The van der Waals surface area contributed by atoms with Gasteiger partial charge >= 0.3 is 0 Å². The second-order valence-electron chi connectivity index (χ2n) is 6.50. The fourth-order valence-corrected chi connectivity index (χ4v) is 2.67. The smallest absolute Gasteiger partial charge is 0.275 e. The Kier molecular flexibility index (Phi) is 6.47. The zero-order valence-electron chi connectivity index (χ0n) is 16.3. The average Bonchev–Trinajstić information content (AvgIpc) is 2.72. The van der Waals surface area contributed by atoms with Crippen LogP contribution >= 0.6 is 0 Å². The number of hydrogen-bond donors (Lipinski definition) is 2. The SMILES string of the molecule is CC(=O)Nc1cccc(NC(=O)c2cnc(N(C)CCc3ccncc3)cn2)c1. The van der Waals surface area contributed by atoms with Gasteiger partial charge in [0.1, 0.15) is 11.5 Å². The highest BCUT2D eigenvalue weighted by Crippen LogP contribution is 2.16. The van der Waals surface area contributed by atoms with Crippen molar-refractivity contribution in [3.05, 3.63) is 72.4 Å². The molecule has 0 bridgehead atoms. The van der Waals surface area contributed by atoms with Gasteiger partial charge in [0.25, 0.3) is 5.91 Å². The average molecular weight is 390 g/mol. The van der Waals surface area contributed by atoms with Gasteiger partial charge in [-0.05, 0) is 42.3 Å². The third-order valence-corrected chi connectivity index (χ3v) is 4.19. The summed E-state index contributed by atoms with van der Waals surface area (Å²) in [6.07, 6.45) is 7.43. The number of aromatic nitrogens is 3. The normalized spacial score (nSPS) is 10.3. The van der Waals surface area contributed by atoms with Gasteiger partial charge in [0, 0.05) is 44.3 Å². The Morgan fingerprint density at radius 3 is 2.38 bits per heavy atom. The molecule has 0 fully saturated rings. The molecule has 0 radical (unpaired) electrons. The van der Waals surface area contributed by atoms with Crippen LogP contribution in [0.3, 0.4) is 0 Å². The van der Waals surface area contributed by atoms with Crippen LogP contribution in [-0.2, 0) is 11.2 Å². The minimum absolute atomic E-state index is 0.178. The van der Waals surface area contributed by atoms with E-state index in [0.717, 1.165) is 13.0 Å². The van der Waals surface area contributed by atoms with Crippen LogP contribution < -0.4 is 15.5 Å². The zero-order valence-corrected chi connectivity index (χ0v) is 16.3. The molecular formula is C21H22N6O2. The Morgan fingerprint density at radius 1 is 1.00 bits per heavy atom. The number of nitrogens with zero attached hydrogens (tertiary/aromatic N) is 4. The molecular weight excluding hydrogens is 368 g/mol. The summed E-state index contributed by atoms with van der Waals surface area (Å²) in [7, 11) is 1.93. The Morgan fingerprint density at radius 2 is 1.72 bits per heavy atom. The lowest BCUT2D eigenvalue weighted by atomic mass is 10.2. The first-order chi connectivity index (χ1) is 14.0. The van der Waals surface area contributed by atoms with E-state index in [1.54, 1.807) is 42.9 Å². The van der Waals surface area contributed by atoms with Crippen LogP contribution in [0.2, 0.25) is 0 Å². The quantitative estimate of drug-likeness (QED) is 0.643. The molecule has 29 heavy (non-hydrogen) atoms. The molecule has 0 saturated heterocycles. The van der Waals surface area contributed by atoms with Crippen molar-refractivity contribution in [2.75, 3.05) is 29.1 Å². The van der Waals surface area contributed by atoms with E-state index in [1.165, 1.54) is 18.7 Å². The molecule has 2 aromatic heterocycles. The predicted molar refractivity (Wildman–Crippen MR) is 112 cm³/mol. The fourth-order valence-electron chi connectivity index (χ4n) is 2.67. The standard InChI is InChI=1S/C21H22N6O2/c1-15(28)25-17-4-3-5-18(12-17)26-21(29)19-13-24-20(14-23-19)27(2)11-8-16-6-9-22-10-7-16/h3-7,9-10,12-14H,8,11H2,1-2H3,(H,25,28)(H,26,29). The van der Waals surface area contributed by atoms with Crippen molar-refractivity contribution in [1.29, 1.82) is 0 Å². The zero-order chi connectivity index (χ0) is 20.6. The maximum Gasteiger partial charge on any atom is 0.275 e. The molecule has 148 valence electrons. The Balaban J connectivity index is 1.59. The second-order valence-corrected chi connectivity index (χ2v) is 6.50. The Hall–Kier alpha value is -3.81. The fraction of sp³-hybridized carbons (Fsp3) is 0.190. The van der Waals surface area contributed by atoms with Crippen LogP contribution in [0.25, 0.3) is 0 Å². The van der Waals surface area contributed by atoms with Gasteiger partial charge in [-0.25, -0.2) is 9.97 Å². The predicted octanol–water partition coefficient (Wildman–Crippen LogP) is 2.76. The molecule has 0 aliphatic carbocycles. The van der Waals surface area contributed by atoms with Gasteiger partial charge in [-0.15, -0.1) is 0 Å². The van der Waals surface area contributed by atoms with E-state index in [1.807, 2.05) is 24.1 Å². The Labute approximate surface area is 169 Å². The summed E-state index contributed by atoms with van der Waals surface area (Å²) in [5, 5.41) is 5.43. The first-order valence-electron chi connectivity index (χ1n) is 9.12. The van der Waals surface area contributed by atoms with Crippen molar-refractivity contribution in [1.82, 2.24) is 15.0 Å². The van der Waals surface area contributed by atoms with Crippen molar-refractivity contribution >= 4 is 29.0 Å². The number of anilines is 3. The molecule has 2 amide bonds. The molecule has 0 aliphatic rings. The summed E-state index contributed by atoms with van der Waals surface area (Å²) in [6.45, 7) is 2.19. The highest BCUT2D eigenvalue weighted by Gasteiger charge is 2.11. The monoisotopic (exact) mass is 390 g/mol. The van der Waals surface area contributed by atoms with Crippen molar-refractivity contribution in [2.24, 2.45) is 0 Å². The summed E-state index contributed by atoms with van der Waals surface area (Å²) in [5.74, 6) is 0.134. The van der Waals surface area contributed by atoms with Crippen LogP contribution in [0.15, 0.2) is 61.2 Å². The van der Waals surface area contributed by atoms with E-state index in [0.29, 0.717) is 17.2 Å². The van der Waals surface area contributed by atoms with Gasteiger partial charge in [0.2, 0.25) is 5.91 Å². The minimum Gasteiger partial charge on any atom is -0.358 e. The first-order valence-corrected chi connectivity index (χ1v) is 9.12. The summed E-state index contributed by atoms with van der Waals surface area (Å²) in [4.78, 5) is 38.1. The van der Waals surface area contributed by atoms with Gasteiger partial charge in [-0.2, -0.15) is 0 Å². The van der Waals surface area contributed by atoms with Crippen molar-refractivity contribution in [3.63, 3.8) is 0 Å². The lowest BCUT2D eigenvalue weighted by molar-refractivity contribution is -0.114. The number of amides is 2. The second kappa shape index (κ2) is 9.41. The summed E-state index contributed by atoms with van der Waals surface area (Å²) in [6, 6.07) is 10.9. The number of likely N-dealkylation sites (N-methyl/N-ethyl adjacent to an activating group) is 1. The largest absolute Gasteiger partial charge is 0.358 e. The molecule has 0 spiro atoms. The van der Waals surface area contributed by atoms with Crippen LogP contribution in [0.4, 0.5) is 17.2 Å². The van der Waals surface area contributed by atoms with E-state index < -0.39 is 0 Å². The highest BCUT2D eigenvalue weighted by atomic mass is 16.2. The van der Waals surface area contributed by atoms with Crippen molar-refractivity contribution < 1.29 is 9.59 Å². The molecule has 0 aliphatic heterocycles. The number of hydrogen-bond acceptors (Lipinski definition) is 6. The summed E-state index contributed by atoms with van der Waals surface area (Å²) < 4.78 is 0. The Bertz CT molecular complexity index is 976. The first kappa shape index (κ1) is 19.9. The number of pyridine rings is 1. The molecule has 3 rings (SSSR count). The van der Waals surface area contributed by atoms with Gasteiger partial charge < -0.3 is 15.5 Å². The lowest BCUT2D eigenvalue weighted by Gasteiger charge is -2.17. The van der Waals surface area contributed by atoms with Crippen LogP contribution in [0, 0.1) is 0 Å². The number of benzene rings is 1. The number of rotatable bonds is 7. The molecule has 0 saturated carbocycles. The summed E-state index contributed by atoms with van der Waals surface area (Å²) in [5.41, 5.74) is 2.56. The summed E-state index contributed by atoms with van der Waals surface area (Å²) >= 11 is 0. The molecule has 0 unspecified atom stereocenters. The highest BCUT2D eigenvalue weighted by molar-refractivity contribution is 6.03. The number of carbonyl (C=O) groups excluding carboxylic acids is 2. The lowest BCUT2D eigenvalue weighted by Crippen LogP contribution is -2.22. The maximum absolute atomic E-state index is 12.4. The molecule has 2 N–H and O–H groups in total. The molecule has 8 nitrogen and oxygen atoms in total. The maximum atomic E-state index is 12.4. The van der Waals surface area contributed by atoms with Gasteiger partial charge in [-0.1, -0.05) is 6.07 Å². The van der Waals surface area contributed by atoms with E-state index in [9.17, 15) is 9.59 Å². The third-order valence-electron chi connectivity index (χ3n) is 4.19. The van der Waals surface area contributed by atoms with Gasteiger partial charge in [-0.3, -0.25) is 14.6 Å². The van der Waals surface area contributed by atoms with Gasteiger partial charge in [0.05, 0.1) is 12.4 Å². The van der Waals surface area contributed by atoms with E-state index in [2.05, 4.69) is 25.6 Å². The van der Waals surface area contributed by atoms with E-state index in [4.69, 9.17) is 0 Å². The van der Waals surface area contributed by atoms with Crippen LogP contribution in [0.5, 0.6) is 0 Å². The molecule has 1 aromatic carbocycles. The molecule has 2 heterocycles. The molecule has 8 heteroatoms. The number of nitrogens with one attached hydrogen (secondary N) is 2. The third kappa shape index (κ3) is 5.83. The number of carbonyl (C=O) groups is 2. The molecule has 3 aromatic rings. The minimum atomic E-state index is -0.372. The van der Waals surface area contributed by atoms with Crippen molar-refractivity contribution in [2.45, 2.75) is 13.3 Å². The van der Waals surface area contributed by atoms with E-state index in [-0.39, 0.29) is 17.5 Å². The van der Waals surface area contributed by atoms with Gasteiger partial charge in [0.15, 0.2) is 0 Å². The van der Waals surface area contributed by atoms with E-state index >= 15 is 0 Å². The van der Waals surface area contributed by atoms with Crippen LogP contribution in [-0.4, -0.2) is 40.4 Å². The van der Waals surface area contributed by atoms with Crippen LogP contribution in [0.1, 0.15) is 23.0 Å². The topological polar surface area (TPSA) is 100 Å².